The Labute approximate surface area is 134 Å². The molecule has 0 saturated carbocycles. The lowest BCUT2D eigenvalue weighted by Gasteiger charge is -2.22. The van der Waals surface area contributed by atoms with Gasteiger partial charge in [-0.05, 0) is 30.9 Å². The van der Waals surface area contributed by atoms with E-state index in [1.807, 2.05) is 0 Å². The highest BCUT2D eigenvalue weighted by Gasteiger charge is 2.22. The molecule has 0 fully saturated rings. The zero-order valence-electron chi connectivity index (χ0n) is 12.0. The van der Waals surface area contributed by atoms with Gasteiger partial charge in [0.25, 0.3) is 0 Å². The van der Waals surface area contributed by atoms with Gasteiger partial charge in [0.15, 0.2) is 11.5 Å². The predicted molar refractivity (Wildman–Crippen MR) is 86.6 cm³/mol. The van der Waals surface area contributed by atoms with Crippen molar-refractivity contribution >= 4 is 28.3 Å². The third-order valence-electron chi connectivity index (χ3n) is 3.10. The highest BCUT2D eigenvalue weighted by atomic mass is 79.9. The lowest BCUT2D eigenvalue weighted by atomic mass is 9.95. The summed E-state index contributed by atoms with van der Waals surface area (Å²) in [5.41, 5.74) is 6.52. The number of ether oxygens (including phenoxy) is 1. The Morgan fingerprint density at radius 1 is 1.30 bits per heavy atom. The predicted octanol–water partition coefficient (Wildman–Crippen LogP) is 3.38. The number of nitrogens with two attached hydrogens (primary N) is 1. The molecule has 0 aliphatic heterocycles. The van der Waals surface area contributed by atoms with Crippen LogP contribution >= 0.6 is 28.3 Å². The first-order valence-corrected chi connectivity index (χ1v) is 7.16. The van der Waals surface area contributed by atoms with Gasteiger partial charge >= 0.3 is 0 Å². The van der Waals surface area contributed by atoms with E-state index >= 15 is 0 Å². The fourth-order valence-electron chi connectivity index (χ4n) is 1.90. The van der Waals surface area contributed by atoms with E-state index in [1.54, 1.807) is 12.1 Å². The van der Waals surface area contributed by atoms with Crippen LogP contribution in [0, 0.1) is 5.92 Å². The number of rotatable bonds is 6. The van der Waals surface area contributed by atoms with Gasteiger partial charge in [0, 0.05) is 10.0 Å². The molecule has 0 aliphatic rings. The van der Waals surface area contributed by atoms with E-state index in [9.17, 15) is 10.2 Å². The van der Waals surface area contributed by atoms with Crippen LogP contribution in [0.3, 0.4) is 0 Å². The van der Waals surface area contributed by atoms with E-state index < -0.39 is 12.1 Å². The van der Waals surface area contributed by atoms with Crippen LogP contribution in [0.1, 0.15) is 38.3 Å². The summed E-state index contributed by atoms with van der Waals surface area (Å²) in [6.07, 6.45) is 0.806. The summed E-state index contributed by atoms with van der Waals surface area (Å²) in [5.74, 6) is 0.838. The molecule has 0 amide bonds. The number of aliphatic hydroxyl groups is 1. The standard InChI is InChI=1S/C14H22BrNO3.ClH/c1-8(2)4-5-11(17)13(16)10-6-9(15)7-12(19-3)14(10)18;/h6-8,11,13,17-18H,4-5,16H2,1-3H3;1H/t11-,13+;/m1./s1. The van der Waals surface area contributed by atoms with Gasteiger partial charge in [-0.15, -0.1) is 12.4 Å². The third-order valence-corrected chi connectivity index (χ3v) is 3.56. The summed E-state index contributed by atoms with van der Waals surface area (Å²) >= 11 is 3.34. The van der Waals surface area contributed by atoms with Gasteiger partial charge in [-0.3, -0.25) is 0 Å². The minimum Gasteiger partial charge on any atom is -0.504 e. The molecule has 0 heterocycles. The Balaban J connectivity index is 0.00000361. The maximum absolute atomic E-state index is 10.1. The summed E-state index contributed by atoms with van der Waals surface area (Å²) in [5, 5.41) is 20.2. The molecular formula is C14H23BrClNO3. The van der Waals surface area contributed by atoms with E-state index in [-0.39, 0.29) is 18.2 Å². The molecule has 6 heteroatoms. The van der Waals surface area contributed by atoms with Gasteiger partial charge in [-0.25, -0.2) is 0 Å². The fraction of sp³-hybridized carbons (Fsp3) is 0.571. The van der Waals surface area contributed by atoms with Crippen LogP contribution < -0.4 is 10.5 Å². The van der Waals surface area contributed by atoms with Crippen molar-refractivity contribution in [2.75, 3.05) is 7.11 Å². The Hall–Kier alpha value is -0.490. The fourth-order valence-corrected chi connectivity index (χ4v) is 2.35. The summed E-state index contributed by atoms with van der Waals surface area (Å²) < 4.78 is 5.83. The Morgan fingerprint density at radius 2 is 1.90 bits per heavy atom. The molecule has 0 aliphatic carbocycles. The van der Waals surface area contributed by atoms with Crippen molar-refractivity contribution in [3.05, 3.63) is 22.2 Å². The second-order valence-electron chi connectivity index (χ2n) is 5.11. The van der Waals surface area contributed by atoms with Crippen LogP contribution in [0.5, 0.6) is 11.5 Å². The second-order valence-corrected chi connectivity index (χ2v) is 6.03. The summed E-state index contributed by atoms with van der Waals surface area (Å²) in [6, 6.07) is 2.73. The monoisotopic (exact) mass is 367 g/mol. The number of aromatic hydroxyl groups is 1. The van der Waals surface area contributed by atoms with E-state index in [1.165, 1.54) is 7.11 Å². The van der Waals surface area contributed by atoms with Crippen LogP contribution in [0.4, 0.5) is 0 Å². The molecule has 20 heavy (non-hydrogen) atoms. The number of hydrogen-bond donors (Lipinski definition) is 3. The smallest absolute Gasteiger partial charge is 0.162 e. The SMILES string of the molecule is COc1cc(Br)cc([C@H](N)[C@H](O)CCC(C)C)c1O.Cl. The van der Waals surface area contributed by atoms with Crippen LogP contribution in [-0.4, -0.2) is 23.4 Å². The van der Waals surface area contributed by atoms with Crippen molar-refractivity contribution in [3.8, 4) is 11.5 Å². The van der Waals surface area contributed by atoms with E-state index in [0.717, 1.165) is 10.9 Å². The molecule has 0 spiro atoms. The maximum atomic E-state index is 10.1. The van der Waals surface area contributed by atoms with Crippen LogP contribution in [0.25, 0.3) is 0 Å². The molecule has 4 N–H and O–H groups in total. The normalized spacial score (nSPS) is 13.8. The van der Waals surface area contributed by atoms with Crippen molar-refractivity contribution in [2.24, 2.45) is 11.7 Å². The van der Waals surface area contributed by atoms with Crippen molar-refractivity contribution in [1.82, 2.24) is 0 Å². The van der Waals surface area contributed by atoms with Crippen molar-refractivity contribution < 1.29 is 14.9 Å². The Bertz CT molecular complexity index is 429. The van der Waals surface area contributed by atoms with Crippen LogP contribution in [0.15, 0.2) is 16.6 Å². The average molecular weight is 369 g/mol. The zero-order chi connectivity index (χ0) is 14.6. The number of benzene rings is 1. The average Bonchev–Trinajstić information content (AvgIpc) is 2.37. The van der Waals surface area contributed by atoms with Gasteiger partial charge < -0.3 is 20.7 Å². The highest BCUT2D eigenvalue weighted by Crippen LogP contribution is 2.37. The number of aliphatic hydroxyl groups excluding tert-OH is 1. The Morgan fingerprint density at radius 3 is 2.40 bits per heavy atom. The molecular weight excluding hydrogens is 346 g/mol. The lowest BCUT2D eigenvalue weighted by molar-refractivity contribution is 0.127. The molecule has 0 radical (unpaired) electrons. The lowest BCUT2D eigenvalue weighted by Crippen LogP contribution is -2.26. The quantitative estimate of drug-likeness (QED) is 0.719. The minimum absolute atomic E-state index is 0. The molecule has 1 rings (SSSR count). The summed E-state index contributed by atoms with van der Waals surface area (Å²) in [7, 11) is 1.48. The zero-order valence-corrected chi connectivity index (χ0v) is 14.4. The van der Waals surface area contributed by atoms with Gasteiger partial charge in [-0.2, -0.15) is 0 Å². The largest absolute Gasteiger partial charge is 0.504 e. The molecule has 0 bridgehead atoms. The molecule has 2 atom stereocenters. The first-order valence-electron chi connectivity index (χ1n) is 6.36. The maximum Gasteiger partial charge on any atom is 0.162 e. The number of halogens is 2. The molecule has 0 unspecified atom stereocenters. The molecule has 1 aromatic carbocycles. The summed E-state index contributed by atoms with van der Waals surface area (Å²) in [6.45, 7) is 4.19. The van der Waals surface area contributed by atoms with Crippen molar-refractivity contribution in [2.45, 2.75) is 38.8 Å². The number of phenols is 1. The number of hydrogen-bond acceptors (Lipinski definition) is 4. The van der Waals surface area contributed by atoms with Gasteiger partial charge in [0.1, 0.15) is 0 Å². The van der Waals surface area contributed by atoms with E-state index in [0.29, 0.717) is 23.7 Å². The molecule has 0 saturated heterocycles. The van der Waals surface area contributed by atoms with Crippen molar-refractivity contribution in [1.29, 1.82) is 0 Å². The molecule has 4 nitrogen and oxygen atoms in total. The van der Waals surface area contributed by atoms with Crippen LogP contribution in [-0.2, 0) is 0 Å². The minimum atomic E-state index is -0.688. The summed E-state index contributed by atoms with van der Waals surface area (Å²) in [4.78, 5) is 0. The van der Waals surface area contributed by atoms with Gasteiger partial charge in [0.05, 0.1) is 19.3 Å². The topological polar surface area (TPSA) is 75.7 Å². The van der Waals surface area contributed by atoms with Gasteiger partial charge in [0.2, 0.25) is 0 Å². The molecule has 0 aromatic heterocycles. The number of phenolic OH excluding ortho intramolecular Hbond substituents is 1. The first-order chi connectivity index (χ1) is 8.86. The first kappa shape index (κ1) is 19.5. The highest BCUT2D eigenvalue weighted by molar-refractivity contribution is 9.10. The second kappa shape index (κ2) is 8.72. The van der Waals surface area contributed by atoms with E-state index in [2.05, 4.69) is 29.8 Å². The number of methoxy groups -OCH3 is 1. The van der Waals surface area contributed by atoms with Crippen LogP contribution in [0.2, 0.25) is 0 Å². The van der Waals surface area contributed by atoms with Gasteiger partial charge in [-0.1, -0.05) is 29.8 Å². The van der Waals surface area contributed by atoms with E-state index in [4.69, 9.17) is 10.5 Å². The molecule has 116 valence electrons. The molecule has 1 aromatic rings. The third kappa shape index (κ3) is 5.13. The Kier molecular flexibility index (Phi) is 8.51. The van der Waals surface area contributed by atoms with Crippen molar-refractivity contribution in [3.63, 3.8) is 0 Å².